The highest BCUT2D eigenvalue weighted by Crippen LogP contribution is 2.55. The predicted molar refractivity (Wildman–Crippen MR) is 133 cm³/mol. The maximum Gasteiger partial charge on any atom is 0.144 e. The van der Waals surface area contributed by atoms with E-state index >= 15 is 0 Å². The van der Waals surface area contributed by atoms with Gasteiger partial charge in [-0.1, -0.05) is 66.2 Å². The van der Waals surface area contributed by atoms with Crippen molar-refractivity contribution < 1.29 is 0 Å². The lowest BCUT2D eigenvalue weighted by Gasteiger charge is -2.28. The number of hydrogen-bond acceptors (Lipinski definition) is 2. The van der Waals surface area contributed by atoms with Gasteiger partial charge in [-0.15, -0.1) is 0 Å². The second-order valence-corrected chi connectivity index (χ2v) is 11.4. The van der Waals surface area contributed by atoms with Crippen LogP contribution in [0.5, 0.6) is 0 Å². The third-order valence-corrected chi connectivity index (χ3v) is 10.5. The van der Waals surface area contributed by atoms with E-state index in [1.54, 1.807) is 0 Å². The van der Waals surface area contributed by atoms with Crippen molar-refractivity contribution in [1.29, 1.82) is 0 Å². The standard InChI is InChI=1S/C26H22ClN3P/c27-25-24-16-17-30(26(24)29-20-28-25)18-19-31(21-10-4-1-5-11-21,22-12-6-2-7-13-22)23-14-8-3-9-15-23/h1-17,20H,18-19H2/q+1. The molecule has 31 heavy (non-hydrogen) atoms. The topological polar surface area (TPSA) is 30.7 Å². The van der Waals surface area contributed by atoms with Gasteiger partial charge in [0.1, 0.15) is 40.3 Å². The van der Waals surface area contributed by atoms with Crippen molar-refractivity contribution in [3.8, 4) is 0 Å². The molecule has 0 aliphatic heterocycles. The first-order valence-corrected chi connectivity index (χ1v) is 12.6. The molecule has 0 aliphatic carbocycles. The molecule has 0 saturated heterocycles. The number of halogens is 1. The zero-order valence-corrected chi connectivity index (χ0v) is 18.6. The summed E-state index contributed by atoms with van der Waals surface area (Å²) in [5.74, 6) is 0. The largest absolute Gasteiger partial charge is 0.329 e. The van der Waals surface area contributed by atoms with E-state index in [9.17, 15) is 0 Å². The van der Waals surface area contributed by atoms with Crippen LogP contribution in [0.2, 0.25) is 5.15 Å². The lowest BCUT2D eigenvalue weighted by molar-refractivity contribution is 0.792. The summed E-state index contributed by atoms with van der Waals surface area (Å²) in [6, 6.07) is 34.8. The molecule has 2 aromatic heterocycles. The molecule has 0 amide bonds. The van der Waals surface area contributed by atoms with Gasteiger partial charge in [0.2, 0.25) is 0 Å². The monoisotopic (exact) mass is 442 g/mol. The SMILES string of the molecule is Clc1ncnc2c1ccn2CC[P+](c1ccccc1)(c1ccccc1)c1ccccc1. The van der Waals surface area contributed by atoms with Crippen molar-refractivity contribution >= 4 is 45.8 Å². The van der Waals surface area contributed by atoms with Crippen molar-refractivity contribution in [2.24, 2.45) is 0 Å². The van der Waals surface area contributed by atoms with Gasteiger partial charge in [0.15, 0.2) is 0 Å². The van der Waals surface area contributed by atoms with Crippen LogP contribution >= 0.6 is 18.9 Å². The Balaban J connectivity index is 1.67. The van der Waals surface area contributed by atoms with Crippen molar-refractivity contribution in [1.82, 2.24) is 14.5 Å². The smallest absolute Gasteiger partial charge is 0.144 e. The quantitative estimate of drug-likeness (QED) is 0.271. The molecule has 3 aromatic carbocycles. The van der Waals surface area contributed by atoms with Crippen LogP contribution in [-0.4, -0.2) is 20.7 Å². The molecule has 0 bridgehead atoms. The fourth-order valence-corrected chi connectivity index (χ4v) is 8.71. The number of benzene rings is 3. The molecule has 152 valence electrons. The zero-order valence-electron chi connectivity index (χ0n) is 17.0. The molecule has 5 rings (SSSR count). The van der Waals surface area contributed by atoms with Crippen LogP contribution in [0.15, 0.2) is 110 Å². The summed E-state index contributed by atoms with van der Waals surface area (Å²) in [7, 11) is -1.88. The van der Waals surface area contributed by atoms with Gasteiger partial charge in [-0.05, 0) is 42.5 Å². The van der Waals surface area contributed by atoms with Gasteiger partial charge in [0, 0.05) is 6.20 Å². The Morgan fingerprint density at radius 1 is 0.677 bits per heavy atom. The molecular weight excluding hydrogens is 421 g/mol. The second kappa shape index (κ2) is 8.63. The van der Waals surface area contributed by atoms with Crippen LogP contribution in [0, 0.1) is 0 Å². The molecule has 0 atom stereocenters. The zero-order chi connectivity index (χ0) is 21.1. The van der Waals surface area contributed by atoms with Crippen LogP contribution < -0.4 is 15.9 Å². The highest BCUT2D eigenvalue weighted by Gasteiger charge is 2.44. The van der Waals surface area contributed by atoms with Crippen molar-refractivity contribution in [2.75, 3.05) is 6.16 Å². The molecule has 2 heterocycles. The average Bonchev–Trinajstić information content (AvgIpc) is 3.26. The minimum Gasteiger partial charge on any atom is -0.329 e. The average molecular weight is 443 g/mol. The van der Waals surface area contributed by atoms with Crippen molar-refractivity contribution in [2.45, 2.75) is 6.54 Å². The summed E-state index contributed by atoms with van der Waals surface area (Å²) in [6.07, 6.45) is 4.59. The highest BCUT2D eigenvalue weighted by atomic mass is 35.5. The van der Waals surface area contributed by atoms with E-state index in [0.29, 0.717) is 5.15 Å². The first-order valence-electron chi connectivity index (χ1n) is 10.3. The highest BCUT2D eigenvalue weighted by molar-refractivity contribution is 7.95. The number of fused-ring (bicyclic) bond motifs is 1. The van der Waals surface area contributed by atoms with Gasteiger partial charge in [-0.3, -0.25) is 0 Å². The molecule has 5 heteroatoms. The molecule has 0 spiro atoms. The van der Waals surface area contributed by atoms with Crippen LogP contribution in [0.25, 0.3) is 11.0 Å². The molecule has 0 fully saturated rings. The lowest BCUT2D eigenvalue weighted by atomic mass is 10.4. The van der Waals surface area contributed by atoms with Crippen LogP contribution in [0.1, 0.15) is 0 Å². The van der Waals surface area contributed by atoms with Gasteiger partial charge >= 0.3 is 0 Å². The summed E-state index contributed by atoms with van der Waals surface area (Å²) in [5, 5.41) is 5.55. The Labute approximate surface area is 187 Å². The Kier molecular flexibility index (Phi) is 5.55. The molecule has 0 radical (unpaired) electrons. The minimum atomic E-state index is -1.88. The molecule has 0 unspecified atom stereocenters. The van der Waals surface area contributed by atoms with Gasteiger partial charge in [0.05, 0.1) is 18.1 Å². The fraction of sp³-hybridized carbons (Fsp3) is 0.0769. The normalized spacial score (nSPS) is 11.6. The predicted octanol–water partition coefficient (Wildman–Crippen LogP) is 5.08. The third-order valence-electron chi connectivity index (χ3n) is 5.77. The summed E-state index contributed by atoms with van der Waals surface area (Å²) in [4.78, 5) is 8.62. The molecule has 0 saturated carbocycles. The maximum atomic E-state index is 6.29. The van der Waals surface area contributed by atoms with Gasteiger partial charge < -0.3 is 4.57 Å². The van der Waals surface area contributed by atoms with Crippen LogP contribution in [0.3, 0.4) is 0 Å². The first-order chi connectivity index (χ1) is 15.3. The first kappa shape index (κ1) is 19.9. The fourth-order valence-electron chi connectivity index (χ4n) is 4.29. The minimum absolute atomic E-state index is 0.499. The molecule has 5 aromatic rings. The van der Waals surface area contributed by atoms with Crippen molar-refractivity contribution in [3.63, 3.8) is 0 Å². The van der Waals surface area contributed by atoms with E-state index in [2.05, 4.69) is 112 Å². The summed E-state index contributed by atoms with van der Waals surface area (Å²) >= 11 is 6.29. The number of hydrogen-bond donors (Lipinski definition) is 0. The van der Waals surface area contributed by atoms with Crippen LogP contribution in [-0.2, 0) is 6.54 Å². The van der Waals surface area contributed by atoms with E-state index < -0.39 is 7.26 Å². The number of rotatable bonds is 6. The van der Waals surface area contributed by atoms with Gasteiger partial charge in [0.25, 0.3) is 0 Å². The van der Waals surface area contributed by atoms with Crippen molar-refractivity contribution in [3.05, 3.63) is 115 Å². The summed E-state index contributed by atoms with van der Waals surface area (Å²) < 4.78 is 2.20. The summed E-state index contributed by atoms with van der Waals surface area (Å²) in [5.41, 5.74) is 0.882. The van der Waals surface area contributed by atoms with E-state index in [0.717, 1.165) is 23.7 Å². The van der Waals surface area contributed by atoms with E-state index in [1.165, 1.54) is 22.2 Å². The Morgan fingerprint density at radius 3 is 1.71 bits per heavy atom. The van der Waals surface area contributed by atoms with E-state index in [4.69, 9.17) is 11.6 Å². The lowest BCUT2D eigenvalue weighted by Crippen LogP contribution is -2.34. The number of nitrogens with zero attached hydrogens (tertiary/aromatic N) is 3. The third kappa shape index (κ3) is 3.65. The van der Waals surface area contributed by atoms with E-state index in [1.807, 2.05) is 6.07 Å². The molecule has 3 nitrogen and oxygen atoms in total. The van der Waals surface area contributed by atoms with Crippen LogP contribution in [0.4, 0.5) is 0 Å². The second-order valence-electron chi connectivity index (χ2n) is 7.45. The Hall–Kier alpha value is -3.00. The maximum absolute atomic E-state index is 6.29. The Morgan fingerprint density at radius 2 is 1.19 bits per heavy atom. The molecule has 0 aliphatic rings. The summed E-state index contributed by atoms with van der Waals surface area (Å²) in [6.45, 7) is 0.837. The number of aryl methyl sites for hydroxylation is 1. The van der Waals surface area contributed by atoms with E-state index in [-0.39, 0.29) is 0 Å². The molecule has 0 N–H and O–H groups in total. The number of aromatic nitrogens is 3. The van der Waals surface area contributed by atoms with Gasteiger partial charge in [-0.2, -0.15) is 0 Å². The Bertz CT molecular complexity index is 1190. The van der Waals surface area contributed by atoms with Gasteiger partial charge in [-0.25, -0.2) is 9.97 Å². The molecular formula is C26H22ClN3P+.